The van der Waals surface area contributed by atoms with Crippen LogP contribution in [-0.2, 0) is 0 Å². The number of thiophene rings is 1. The van der Waals surface area contributed by atoms with Crippen molar-refractivity contribution in [3.63, 3.8) is 0 Å². The van der Waals surface area contributed by atoms with Crippen molar-refractivity contribution in [3.05, 3.63) is 200 Å². The summed E-state index contributed by atoms with van der Waals surface area (Å²) in [7, 11) is 0. The Kier molecular flexibility index (Phi) is 7.72. The van der Waals surface area contributed by atoms with Crippen molar-refractivity contribution in [2.45, 2.75) is 0 Å². The summed E-state index contributed by atoms with van der Waals surface area (Å²) in [5.41, 5.74) is 7.53. The van der Waals surface area contributed by atoms with Crippen LogP contribution in [0.1, 0.15) is 0 Å². The molecule has 59 heavy (non-hydrogen) atoms. The van der Waals surface area contributed by atoms with E-state index >= 15 is 0 Å². The van der Waals surface area contributed by atoms with Gasteiger partial charge in [-0.1, -0.05) is 176 Å². The van der Waals surface area contributed by atoms with Crippen molar-refractivity contribution in [3.8, 4) is 56.4 Å². The van der Waals surface area contributed by atoms with E-state index in [1.165, 1.54) is 52.8 Å². The van der Waals surface area contributed by atoms with Crippen LogP contribution in [0.5, 0.6) is 0 Å². The number of fused-ring (bicyclic) bond motifs is 8. The maximum Gasteiger partial charge on any atom is 0.165 e. The molecule has 0 aliphatic rings. The zero-order valence-corrected chi connectivity index (χ0v) is 32.6. The molecule has 2 aromatic heterocycles. The van der Waals surface area contributed by atoms with Gasteiger partial charge in [-0.05, 0) is 89.6 Å². The Morgan fingerprint density at radius 1 is 0.288 bits per heavy atom. The second-order valence-corrected chi connectivity index (χ2v) is 16.1. The van der Waals surface area contributed by atoms with Gasteiger partial charge >= 0.3 is 0 Å². The van der Waals surface area contributed by atoms with Gasteiger partial charge in [-0.2, -0.15) is 0 Å². The minimum Gasteiger partial charge on any atom is -0.208 e. The molecular formula is C55H33N3S. The van der Waals surface area contributed by atoms with Crippen molar-refractivity contribution in [1.29, 1.82) is 0 Å². The molecule has 0 bridgehead atoms. The molecule has 0 saturated carbocycles. The highest BCUT2D eigenvalue weighted by Crippen LogP contribution is 2.45. The molecular weight excluding hydrogens is 735 g/mol. The number of benzene rings is 10. The van der Waals surface area contributed by atoms with Crippen molar-refractivity contribution < 1.29 is 0 Å². The fourth-order valence-electron chi connectivity index (χ4n) is 9.03. The standard InChI is InChI=1S/C55H33N3S/c1-2-15-34(16-3-1)38-31-32-47(42-23-10-8-22-41(38)42)53-56-54(48-27-14-26-46-44-25-12-13-28-50(44)59-52(46)48)58-55(57-53)51-39-20-7-4-17-35(39)29-30-45(51)49-33-36-18-5-6-19-37(36)40-21-9-11-24-43(40)49/h1-33H. The van der Waals surface area contributed by atoms with Crippen LogP contribution in [-0.4, -0.2) is 15.0 Å². The smallest absolute Gasteiger partial charge is 0.165 e. The quantitative estimate of drug-likeness (QED) is 0.164. The van der Waals surface area contributed by atoms with E-state index in [0.29, 0.717) is 17.5 Å². The Hall–Kier alpha value is -7.53. The summed E-state index contributed by atoms with van der Waals surface area (Å²) in [5.74, 6) is 1.94. The number of hydrogen-bond acceptors (Lipinski definition) is 4. The van der Waals surface area contributed by atoms with Gasteiger partial charge in [-0.25, -0.2) is 15.0 Å². The van der Waals surface area contributed by atoms with E-state index in [4.69, 9.17) is 15.0 Å². The zero-order valence-electron chi connectivity index (χ0n) is 31.8. The molecule has 274 valence electrons. The van der Waals surface area contributed by atoms with Crippen molar-refractivity contribution in [2.75, 3.05) is 0 Å². The van der Waals surface area contributed by atoms with E-state index < -0.39 is 0 Å². The summed E-state index contributed by atoms with van der Waals surface area (Å²) >= 11 is 1.79. The summed E-state index contributed by atoms with van der Waals surface area (Å²) in [5, 5.41) is 11.8. The molecule has 4 heteroatoms. The fourth-order valence-corrected chi connectivity index (χ4v) is 10.2. The number of nitrogens with zero attached hydrogens (tertiary/aromatic N) is 3. The van der Waals surface area contributed by atoms with Gasteiger partial charge in [0.1, 0.15) is 0 Å². The van der Waals surface area contributed by atoms with E-state index in [1.54, 1.807) is 11.3 Å². The van der Waals surface area contributed by atoms with E-state index in [1.807, 2.05) is 0 Å². The molecule has 0 atom stereocenters. The second-order valence-electron chi connectivity index (χ2n) is 15.1. The number of hydrogen-bond donors (Lipinski definition) is 0. The molecule has 0 saturated heterocycles. The van der Waals surface area contributed by atoms with Crippen LogP contribution in [0.4, 0.5) is 0 Å². The predicted octanol–water partition coefficient (Wildman–Crippen LogP) is 15.2. The lowest BCUT2D eigenvalue weighted by Crippen LogP contribution is -2.02. The Bertz CT molecular complexity index is 3620. The first-order valence-corrected chi connectivity index (χ1v) is 20.8. The molecule has 0 amide bonds. The molecule has 0 spiro atoms. The van der Waals surface area contributed by atoms with Crippen molar-refractivity contribution in [2.24, 2.45) is 0 Å². The topological polar surface area (TPSA) is 38.7 Å². The molecule has 0 aliphatic heterocycles. The van der Waals surface area contributed by atoms with E-state index in [0.717, 1.165) is 49.4 Å². The molecule has 3 nitrogen and oxygen atoms in total. The first kappa shape index (κ1) is 33.6. The highest BCUT2D eigenvalue weighted by Gasteiger charge is 2.23. The third-order valence-electron chi connectivity index (χ3n) is 11.7. The molecule has 2 heterocycles. The SMILES string of the molecule is c1ccc(-c2ccc(-c3nc(-c4c(-c5cc6ccccc6c6ccccc56)ccc5ccccc45)nc(-c4cccc5c4sc4ccccc45)n3)c3ccccc23)cc1. The average molecular weight is 768 g/mol. The normalized spacial score (nSPS) is 11.7. The molecule has 0 radical (unpaired) electrons. The molecule has 0 aliphatic carbocycles. The summed E-state index contributed by atoms with van der Waals surface area (Å²) < 4.78 is 2.41. The minimum absolute atomic E-state index is 0.640. The molecule has 0 fully saturated rings. The lowest BCUT2D eigenvalue weighted by molar-refractivity contribution is 1.08. The van der Waals surface area contributed by atoms with Gasteiger partial charge in [0.25, 0.3) is 0 Å². The van der Waals surface area contributed by atoms with Crippen LogP contribution in [0.2, 0.25) is 0 Å². The van der Waals surface area contributed by atoms with Gasteiger partial charge in [-0.3, -0.25) is 0 Å². The monoisotopic (exact) mass is 767 g/mol. The van der Waals surface area contributed by atoms with Gasteiger partial charge < -0.3 is 0 Å². The Morgan fingerprint density at radius 3 is 1.63 bits per heavy atom. The second kappa shape index (κ2) is 13.6. The first-order chi connectivity index (χ1) is 29.3. The van der Waals surface area contributed by atoms with Crippen LogP contribution in [0.25, 0.3) is 120 Å². The molecule has 10 aromatic carbocycles. The summed E-state index contributed by atoms with van der Waals surface area (Å²) in [6.07, 6.45) is 0. The third kappa shape index (κ3) is 5.45. The van der Waals surface area contributed by atoms with Gasteiger partial charge in [0.2, 0.25) is 0 Å². The van der Waals surface area contributed by atoms with E-state index in [2.05, 4.69) is 200 Å². The Labute approximate surface area is 344 Å². The Morgan fingerprint density at radius 2 is 0.831 bits per heavy atom. The lowest BCUT2D eigenvalue weighted by Gasteiger charge is -2.18. The summed E-state index contributed by atoms with van der Waals surface area (Å²) in [6, 6.07) is 71.6. The highest BCUT2D eigenvalue weighted by molar-refractivity contribution is 7.26. The fraction of sp³-hybridized carbons (Fsp3) is 0. The molecule has 12 rings (SSSR count). The maximum absolute atomic E-state index is 5.53. The first-order valence-electron chi connectivity index (χ1n) is 19.9. The van der Waals surface area contributed by atoms with E-state index in [-0.39, 0.29) is 0 Å². The van der Waals surface area contributed by atoms with E-state index in [9.17, 15) is 0 Å². The van der Waals surface area contributed by atoms with Gasteiger partial charge in [0.15, 0.2) is 17.5 Å². The minimum atomic E-state index is 0.640. The summed E-state index contributed by atoms with van der Waals surface area (Å²) in [6.45, 7) is 0. The maximum atomic E-state index is 5.53. The van der Waals surface area contributed by atoms with Gasteiger partial charge in [0, 0.05) is 36.9 Å². The lowest BCUT2D eigenvalue weighted by atomic mass is 9.88. The number of rotatable bonds is 5. The van der Waals surface area contributed by atoms with Gasteiger partial charge in [0.05, 0.1) is 0 Å². The predicted molar refractivity (Wildman–Crippen MR) is 250 cm³/mol. The number of aromatic nitrogens is 3. The largest absolute Gasteiger partial charge is 0.208 e. The highest BCUT2D eigenvalue weighted by atomic mass is 32.1. The molecule has 12 aromatic rings. The van der Waals surface area contributed by atoms with Crippen molar-refractivity contribution >= 4 is 74.6 Å². The van der Waals surface area contributed by atoms with Gasteiger partial charge in [-0.15, -0.1) is 11.3 Å². The van der Waals surface area contributed by atoms with Crippen LogP contribution < -0.4 is 0 Å². The summed E-state index contributed by atoms with van der Waals surface area (Å²) in [4.78, 5) is 16.5. The average Bonchev–Trinajstić information content (AvgIpc) is 3.70. The Balaban J connectivity index is 1.19. The van der Waals surface area contributed by atoms with Crippen molar-refractivity contribution in [1.82, 2.24) is 15.0 Å². The zero-order chi connectivity index (χ0) is 38.9. The van der Waals surface area contributed by atoms with Crippen LogP contribution in [0.3, 0.4) is 0 Å². The molecule has 0 N–H and O–H groups in total. The molecule has 0 unspecified atom stereocenters. The third-order valence-corrected chi connectivity index (χ3v) is 13.0. The van der Waals surface area contributed by atoms with Crippen LogP contribution >= 0.6 is 11.3 Å². The van der Waals surface area contributed by atoms with Crippen LogP contribution in [0, 0.1) is 0 Å². The van der Waals surface area contributed by atoms with Crippen LogP contribution in [0.15, 0.2) is 200 Å².